The maximum atomic E-state index is 11.4. The van der Waals surface area contributed by atoms with Crippen LogP contribution in [0.1, 0.15) is 12.8 Å². The Balaban J connectivity index is 2.25. The summed E-state index contributed by atoms with van der Waals surface area (Å²) in [5, 5.41) is 0. The maximum absolute atomic E-state index is 11.4. The Morgan fingerprint density at radius 3 is 2.60 bits per heavy atom. The molecule has 1 rings (SSSR count). The van der Waals surface area contributed by atoms with E-state index in [2.05, 4.69) is 4.74 Å². The molecule has 0 bridgehead atoms. The highest BCUT2D eigenvalue weighted by molar-refractivity contribution is 5.67. The smallest absolute Gasteiger partial charge is 0.412 e. The van der Waals surface area contributed by atoms with Crippen molar-refractivity contribution in [3.63, 3.8) is 0 Å². The van der Waals surface area contributed by atoms with Gasteiger partial charge in [-0.25, -0.2) is 9.18 Å². The van der Waals surface area contributed by atoms with Crippen molar-refractivity contribution < 1.29 is 13.9 Å². The van der Waals surface area contributed by atoms with E-state index in [4.69, 9.17) is 0 Å². The van der Waals surface area contributed by atoms with E-state index >= 15 is 0 Å². The first kappa shape index (κ1) is 7.31. The lowest BCUT2D eigenvalue weighted by Gasteiger charge is -2.12. The minimum Gasteiger partial charge on any atom is -0.417 e. The van der Waals surface area contributed by atoms with Gasteiger partial charge < -0.3 is 9.64 Å². The number of ether oxygens (including phenoxy) is 1. The highest BCUT2D eigenvalue weighted by Gasteiger charge is 2.18. The van der Waals surface area contributed by atoms with Gasteiger partial charge in [-0.3, -0.25) is 0 Å². The van der Waals surface area contributed by atoms with Crippen LogP contribution in [0.5, 0.6) is 0 Å². The molecule has 0 aliphatic carbocycles. The van der Waals surface area contributed by atoms with E-state index in [1.54, 1.807) is 0 Å². The van der Waals surface area contributed by atoms with Crippen LogP contribution in [0.3, 0.4) is 0 Å². The first-order chi connectivity index (χ1) is 4.84. The molecule has 0 N–H and O–H groups in total. The monoisotopic (exact) mass is 147 g/mol. The van der Waals surface area contributed by atoms with E-state index in [1.807, 2.05) is 0 Å². The molecule has 1 aliphatic heterocycles. The van der Waals surface area contributed by atoms with Crippen LogP contribution in [-0.2, 0) is 4.74 Å². The number of hydrogen-bond donors (Lipinski definition) is 0. The van der Waals surface area contributed by atoms with E-state index in [-0.39, 0.29) is 0 Å². The van der Waals surface area contributed by atoms with Crippen molar-refractivity contribution in [3.8, 4) is 0 Å². The van der Waals surface area contributed by atoms with Crippen LogP contribution in [0.2, 0.25) is 0 Å². The van der Waals surface area contributed by atoms with Gasteiger partial charge in [-0.05, 0) is 12.8 Å². The van der Waals surface area contributed by atoms with Crippen LogP contribution >= 0.6 is 0 Å². The first-order valence-corrected chi connectivity index (χ1v) is 3.32. The van der Waals surface area contributed by atoms with Crippen LogP contribution in [0, 0.1) is 0 Å². The quantitative estimate of drug-likeness (QED) is 0.556. The van der Waals surface area contributed by atoms with Crippen LogP contribution < -0.4 is 0 Å². The number of carbonyl (C=O) groups is 1. The second kappa shape index (κ2) is 3.39. The molecule has 0 saturated carbocycles. The Labute approximate surface area is 58.8 Å². The topological polar surface area (TPSA) is 29.5 Å². The predicted molar refractivity (Wildman–Crippen MR) is 33.3 cm³/mol. The third-order valence-electron chi connectivity index (χ3n) is 1.54. The molecule has 4 heteroatoms. The van der Waals surface area contributed by atoms with Crippen molar-refractivity contribution in [2.75, 3.05) is 20.0 Å². The highest BCUT2D eigenvalue weighted by atomic mass is 19.1. The van der Waals surface area contributed by atoms with Gasteiger partial charge in [-0.15, -0.1) is 0 Å². The molecule has 1 amide bonds. The summed E-state index contributed by atoms with van der Waals surface area (Å²) >= 11 is 0. The number of carbonyl (C=O) groups excluding carboxylic acids is 1. The molecule has 0 aromatic heterocycles. The normalized spacial score (nSPS) is 17.5. The average molecular weight is 147 g/mol. The molecule has 3 nitrogen and oxygen atoms in total. The summed E-state index contributed by atoms with van der Waals surface area (Å²) in [5.41, 5.74) is 0. The lowest BCUT2D eigenvalue weighted by molar-refractivity contribution is 0.0708. The Kier molecular flexibility index (Phi) is 2.48. The van der Waals surface area contributed by atoms with Gasteiger partial charge >= 0.3 is 6.09 Å². The van der Waals surface area contributed by atoms with Gasteiger partial charge in [-0.1, -0.05) is 0 Å². The molecule has 0 aromatic carbocycles. The molecule has 58 valence electrons. The fraction of sp³-hybridized carbons (Fsp3) is 0.833. The minimum absolute atomic E-state index is 0.528. The van der Waals surface area contributed by atoms with Gasteiger partial charge in [0.15, 0.2) is 0 Å². The minimum atomic E-state index is -1.02. The summed E-state index contributed by atoms with van der Waals surface area (Å²) in [6, 6.07) is 0. The fourth-order valence-electron chi connectivity index (χ4n) is 1.04. The van der Waals surface area contributed by atoms with Gasteiger partial charge in [0, 0.05) is 13.1 Å². The Morgan fingerprint density at radius 2 is 2.10 bits per heavy atom. The summed E-state index contributed by atoms with van der Waals surface area (Å²) in [6.07, 6.45) is 1.47. The molecule has 10 heavy (non-hydrogen) atoms. The standard InChI is InChI=1S/C6H10FNO2/c7-5-10-6(9)8-3-1-2-4-8/h1-5H2. The summed E-state index contributed by atoms with van der Waals surface area (Å²) in [7, 11) is 0. The van der Waals surface area contributed by atoms with E-state index in [0.717, 1.165) is 12.8 Å². The highest BCUT2D eigenvalue weighted by Crippen LogP contribution is 2.08. The largest absolute Gasteiger partial charge is 0.417 e. The summed E-state index contributed by atoms with van der Waals surface area (Å²) in [6.45, 7) is 0.396. The molecule has 1 fully saturated rings. The third kappa shape index (κ3) is 1.59. The van der Waals surface area contributed by atoms with Crippen molar-refractivity contribution in [2.45, 2.75) is 12.8 Å². The molecule has 0 spiro atoms. The van der Waals surface area contributed by atoms with E-state index in [0.29, 0.717) is 13.1 Å². The van der Waals surface area contributed by atoms with Gasteiger partial charge in [0.25, 0.3) is 0 Å². The molecule has 1 aliphatic rings. The molecule has 0 atom stereocenters. The number of nitrogens with zero attached hydrogens (tertiary/aromatic N) is 1. The third-order valence-corrected chi connectivity index (χ3v) is 1.54. The molecule has 0 aromatic rings. The van der Waals surface area contributed by atoms with Crippen molar-refractivity contribution >= 4 is 6.09 Å². The second-order valence-corrected chi connectivity index (χ2v) is 2.21. The first-order valence-electron chi connectivity index (χ1n) is 3.32. The zero-order chi connectivity index (χ0) is 7.40. The fourth-order valence-corrected chi connectivity index (χ4v) is 1.04. The van der Waals surface area contributed by atoms with E-state index in [9.17, 15) is 9.18 Å². The zero-order valence-corrected chi connectivity index (χ0v) is 5.68. The maximum Gasteiger partial charge on any atom is 0.412 e. The second-order valence-electron chi connectivity index (χ2n) is 2.21. The number of amides is 1. The summed E-state index contributed by atoms with van der Waals surface area (Å²) < 4.78 is 15.6. The van der Waals surface area contributed by atoms with Crippen LogP contribution in [0.25, 0.3) is 0 Å². The summed E-state index contributed by atoms with van der Waals surface area (Å²) in [4.78, 5) is 12.2. The van der Waals surface area contributed by atoms with E-state index in [1.165, 1.54) is 4.90 Å². The number of halogens is 1. The van der Waals surface area contributed by atoms with Crippen LogP contribution in [0.15, 0.2) is 0 Å². The number of hydrogen-bond acceptors (Lipinski definition) is 2. The number of rotatable bonds is 1. The predicted octanol–water partition coefficient (Wildman–Crippen LogP) is 1.15. The van der Waals surface area contributed by atoms with Gasteiger partial charge in [-0.2, -0.15) is 0 Å². The molecule has 1 heterocycles. The average Bonchev–Trinajstić information content (AvgIpc) is 2.38. The molecule has 0 unspecified atom stereocenters. The van der Waals surface area contributed by atoms with Crippen LogP contribution in [0.4, 0.5) is 9.18 Å². The molecular weight excluding hydrogens is 137 g/mol. The summed E-state index contributed by atoms with van der Waals surface area (Å²) in [5.74, 6) is 0. The van der Waals surface area contributed by atoms with Crippen molar-refractivity contribution in [1.82, 2.24) is 4.90 Å². The number of alkyl halides is 1. The van der Waals surface area contributed by atoms with Gasteiger partial charge in [0.1, 0.15) is 0 Å². The molecule has 0 radical (unpaired) electrons. The Bertz CT molecular complexity index is 123. The van der Waals surface area contributed by atoms with Crippen molar-refractivity contribution in [1.29, 1.82) is 0 Å². The lowest BCUT2D eigenvalue weighted by Crippen LogP contribution is -2.27. The van der Waals surface area contributed by atoms with Gasteiger partial charge in [0.05, 0.1) is 0 Å². The SMILES string of the molecule is O=C(OCF)N1CCCC1. The Hall–Kier alpha value is -0.800. The van der Waals surface area contributed by atoms with Crippen molar-refractivity contribution in [3.05, 3.63) is 0 Å². The van der Waals surface area contributed by atoms with Crippen LogP contribution in [-0.4, -0.2) is 30.9 Å². The zero-order valence-electron chi connectivity index (χ0n) is 5.68. The van der Waals surface area contributed by atoms with E-state index < -0.39 is 13.0 Å². The lowest BCUT2D eigenvalue weighted by atomic mass is 10.4. The molecule has 1 saturated heterocycles. The number of likely N-dealkylation sites (tertiary alicyclic amines) is 1. The van der Waals surface area contributed by atoms with Crippen molar-refractivity contribution in [2.24, 2.45) is 0 Å². The molecular formula is C6H10FNO2. The Morgan fingerprint density at radius 1 is 1.50 bits per heavy atom. The van der Waals surface area contributed by atoms with Gasteiger partial charge in [0.2, 0.25) is 6.86 Å².